The van der Waals surface area contributed by atoms with Crippen molar-refractivity contribution in [3.63, 3.8) is 0 Å². The Bertz CT molecular complexity index is 1230. The molecule has 0 bridgehead atoms. The Morgan fingerprint density at radius 1 is 0.697 bits per heavy atom. The van der Waals surface area contributed by atoms with Gasteiger partial charge in [0, 0.05) is 10.6 Å². The molecule has 0 heterocycles. The van der Waals surface area contributed by atoms with Crippen LogP contribution in [0.25, 0.3) is 11.1 Å². The minimum Gasteiger partial charge on any atom is -0.488 e. The molecule has 0 saturated heterocycles. The molecule has 164 valence electrons. The van der Waals surface area contributed by atoms with E-state index >= 15 is 0 Å². The highest BCUT2D eigenvalue weighted by molar-refractivity contribution is 6.30. The van der Waals surface area contributed by atoms with Gasteiger partial charge in [-0.25, -0.2) is 4.79 Å². The molecule has 33 heavy (non-hydrogen) atoms. The molecular formula is C28H21ClO4. The van der Waals surface area contributed by atoms with Crippen LogP contribution in [-0.4, -0.2) is 18.4 Å². The number of para-hydroxylation sites is 1. The van der Waals surface area contributed by atoms with Crippen LogP contribution in [0.4, 0.5) is 0 Å². The monoisotopic (exact) mass is 456 g/mol. The average molecular weight is 457 g/mol. The van der Waals surface area contributed by atoms with E-state index in [-0.39, 0.29) is 24.6 Å². The first-order valence-electron chi connectivity index (χ1n) is 10.4. The number of rotatable bonds is 8. The zero-order valence-electron chi connectivity index (χ0n) is 17.7. The number of carbonyl (C=O) groups excluding carboxylic acids is 2. The summed E-state index contributed by atoms with van der Waals surface area (Å²) < 4.78 is 11.1. The van der Waals surface area contributed by atoms with Crippen molar-refractivity contribution in [2.75, 3.05) is 6.61 Å². The second-order valence-corrected chi connectivity index (χ2v) is 7.79. The molecule has 0 radical (unpaired) electrons. The first kappa shape index (κ1) is 22.3. The highest BCUT2D eigenvalue weighted by atomic mass is 35.5. The topological polar surface area (TPSA) is 52.6 Å². The summed E-state index contributed by atoms with van der Waals surface area (Å²) in [5, 5.41) is 0.641. The highest BCUT2D eigenvalue weighted by Gasteiger charge is 2.16. The Balaban J connectivity index is 1.36. The molecule has 0 spiro atoms. The Labute approximate surface area is 197 Å². The molecular weight excluding hydrogens is 436 g/mol. The number of ketones is 1. The molecule has 0 aromatic heterocycles. The quantitative estimate of drug-likeness (QED) is 0.220. The number of hydrogen-bond donors (Lipinski definition) is 0. The van der Waals surface area contributed by atoms with E-state index in [1.807, 2.05) is 54.6 Å². The van der Waals surface area contributed by atoms with Gasteiger partial charge < -0.3 is 9.47 Å². The van der Waals surface area contributed by atoms with Gasteiger partial charge in [0.1, 0.15) is 17.9 Å². The predicted octanol–water partition coefficient (Wildman–Crippen LogP) is 6.63. The lowest BCUT2D eigenvalue weighted by molar-refractivity contribution is 0.0470. The van der Waals surface area contributed by atoms with Crippen LogP contribution in [0.15, 0.2) is 103 Å². The summed E-state index contributed by atoms with van der Waals surface area (Å²) in [5.41, 5.74) is 3.74. The highest BCUT2D eigenvalue weighted by Crippen LogP contribution is 2.22. The van der Waals surface area contributed by atoms with E-state index in [1.54, 1.807) is 48.5 Å². The number of ether oxygens (including phenoxy) is 2. The summed E-state index contributed by atoms with van der Waals surface area (Å²) in [7, 11) is 0. The predicted molar refractivity (Wildman–Crippen MR) is 129 cm³/mol. The zero-order chi connectivity index (χ0) is 23.0. The van der Waals surface area contributed by atoms with Crippen molar-refractivity contribution in [2.24, 2.45) is 0 Å². The summed E-state index contributed by atoms with van der Waals surface area (Å²) in [6, 6.07) is 31.2. The molecule has 4 nitrogen and oxygen atoms in total. The molecule has 0 aliphatic carbocycles. The van der Waals surface area contributed by atoms with Crippen molar-refractivity contribution in [2.45, 2.75) is 6.61 Å². The van der Waals surface area contributed by atoms with Crippen molar-refractivity contribution in [1.29, 1.82) is 0 Å². The van der Waals surface area contributed by atoms with Gasteiger partial charge in [0.05, 0.1) is 0 Å². The first-order valence-corrected chi connectivity index (χ1v) is 10.8. The lowest BCUT2D eigenvalue weighted by atomic mass is 10.0. The molecule has 4 rings (SSSR count). The van der Waals surface area contributed by atoms with Crippen molar-refractivity contribution < 1.29 is 19.1 Å². The molecule has 0 fully saturated rings. The van der Waals surface area contributed by atoms with E-state index in [0.717, 1.165) is 16.7 Å². The van der Waals surface area contributed by atoms with E-state index < -0.39 is 5.97 Å². The molecule has 0 amide bonds. The molecule has 0 aliphatic heterocycles. The SMILES string of the molecule is O=C(COC(=O)c1ccccc1OCc1ccc(Cl)cc1)c1ccc(-c2ccccc2)cc1. The van der Waals surface area contributed by atoms with Crippen LogP contribution in [-0.2, 0) is 11.3 Å². The number of esters is 1. The van der Waals surface area contributed by atoms with Crippen LogP contribution < -0.4 is 4.74 Å². The molecule has 5 heteroatoms. The number of carbonyl (C=O) groups is 2. The summed E-state index contributed by atoms with van der Waals surface area (Å²) in [5.74, 6) is -0.504. The van der Waals surface area contributed by atoms with Gasteiger partial charge >= 0.3 is 5.97 Å². The summed E-state index contributed by atoms with van der Waals surface area (Å²) in [4.78, 5) is 25.2. The molecule has 4 aromatic carbocycles. The fourth-order valence-corrected chi connectivity index (χ4v) is 3.40. The first-order chi connectivity index (χ1) is 16.1. The van der Waals surface area contributed by atoms with E-state index in [9.17, 15) is 9.59 Å². The molecule has 0 saturated carbocycles. The third kappa shape index (κ3) is 5.88. The standard InChI is InChI=1S/C28H21ClO4/c29-24-16-10-20(11-17-24)18-32-27-9-5-4-8-25(27)28(31)33-19-26(30)23-14-12-22(13-15-23)21-6-2-1-3-7-21/h1-17H,18-19H2. The second-order valence-electron chi connectivity index (χ2n) is 7.35. The summed E-state index contributed by atoms with van der Waals surface area (Å²) >= 11 is 5.91. The normalized spacial score (nSPS) is 10.5. The number of Topliss-reactive ketones (excluding diaryl/α,β-unsaturated/α-hetero) is 1. The van der Waals surface area contributed by atoms with Gasteiger partial charge in [-0.1, -0.05) is 90.5 Å². The van der Waals surface area contributed by atoms with E-state index in [0.29, 0.717) is 16.3 Å². The minimum atomic E-state index is -0.615. The van der Waals surface area contributed by atoms with Crippen LogP contribution >= 0.6 is 11.6 Å². The smallest absolute Gasteiger partial charge is 0.342 e. The van der Waals surface area contributed by atoms with Crippen LogP contribution in [0.5, 0.6) is 5.75 Å². The van der Waals surface area contributed by atoms with Crippen LogP contribution in [0.1, 0.15) is 26.3 Å². The lowest BCUT2D eigenvalue weighted by Crippen LogP contribution is -2.15. The number of hydrogen-bond acceptors (Lipinski definition) is 4. The third-order valence-corrected chi connectivity index (χ3v) is 5.31. The maximum Gasteiger partial charge on any atom is 0.342 e. The molecule has 4 aromatic rings. The van der Waals surface area contributed by atoms with Gasteiger partial charge in [-0.05, 0) is 41.0 Å². The Morgan fingerprint density at radius 2 is 1.33 bits per heavy atom. The van der Waals surface area contributed by atoms with Crippen molar-refractivity contribution in [1.82, 2.24) is 0 Å². The van der Waals surface area contributed by atoms with E-state index in [1.165, 1.54) is 0 Å². The summed E-state index contributed by atoms with van der Waals surface area (Å²) in [6.07, 6.45) is 0. The molecule has 0 atom stereocenters. The molecule has 0 aliphatic rings. The summed E-state index contributed by atoms with van der Waals surface area (Å²) in [6.45, 7) is -0.0802. The van der Waals surface area contributed by atoms with Crippen LogP contribution in [0, 0.1) is 0 Å². The van der Waals surface area contributed by atoms with Crippen molar-refractivity contribution in [3.8, 4) is 16.9 Å². The second kappa shape index (κ2) is 10.6. The van der Waals surface area contributed by atoms with Crippen molar-refractivity contribution >= 4 is 23.4 Å². The fraction of sp³-hybridized carbons (Fsp3) is 0.0714. The fourth-order valence-electron chi connectivity index (χ4n) is 3.27. The van der Waals surface area contributed by atoms with Gasteiger partial charge in [0.25, 0.3) is 0 Å². The average Bonchev–Trinajstić information content (AvgIpc) is 2.87. The van der Waals surface area contributed by atoms with Gasteiger partial charge in [-0.15, -0.1) is 0 Å². The van der Waals surface area contributed by atoms with Crippen molar-refractivity contribution in [3.05, 3.63) is 125 Å². The van der Waals surface area contributed by atoms with Gasteiger partial charge in [-0.2, -0.15) is 0 Å². The largest absolute Gasteiger partial charge is 0.488 e. The maximum absolute atomic E-state index is 12.6. The zero-order valence-corrected chi connectivity index (χ0v) is 18.5. The Hall–Kier alpha value is -3.89. The van der Waals surface area contributed by atoms with Gasteiger partial charge in [0.15, 0.2) is 12.4 Å². The minimum absolute atomic E-state index is 0.263. The van der Waals surface area contributed by atoms with Gasteiger partial charge in [0.2, 0.25) is 0 Å². The third-order valence-electron chi connectivity index (χ3n) is 5.06. The van der Waals surface area contributed by atoms with E-state index in [2.05, 4.69) is 0 Å². The maximum atomic E-state index is 12.6. The van der Waals surface area contributed by atoms with Crippen LogP contribution in [0.3, 0.4) is 0 Å². The van der Waals surface area contributed by atoms with Crippen LogP contribution in [0.2, 0.25) is 5.02 Å². The van der Waals surface area contributed by atoms with E-state index in [4.69, 9.17) is 21.1 Å². The number of halogens is 1. The lowest BCUT2D eigenvalue weighted by Gasteiger charge is -2.11. The molecule has 0 unspecified atom stereocenters. The Morgan fingerprint density at radius 3 is 2.06 bits per heavy atom. The molecule has 0 N–H and O–H groups in total. The Kier molecular flexibility index (Phi) is 7.18. The van der Waals surface area contributed by atoms with Gasteiger partial charge in [-0.3, -0.25) is 4.79 Å². The number of benzene rings is 4.